The third kappa shape index (κ3) is 1.69. The Kier molecular flexibility index (Phi) is 2.13. The highest BCUT2D eigenvalue weighted by molar-refractivity contribution is 4.87. The van der Waals surface area contributed by atoms with Crippen molar-refractivity contribution in [3.8, 4) is 0 Å². The highest BCUT2D eigenvalue weighted by Gasteiger charge is 2.00. The lowest BCUT2D eigenvalue weighted by atomic mass is 10.0. The lowest BCUT2D eigenvalue weighted by Crippen LogP contribution is -1.88. The molecule has 45 valence electrons. The molecule has 0 heterocycles. The fourth-order valence-corrected chi connectivity index (χ4v) is 1.05. The monoisotopic (exact) mass is 109 g/mol. The summed E-state index contributed by atoms with van der Waals surface area (Å²) in [5.74, 6) is 0.689. The first kappa shape index (κ1) is 5.87. The summed E-state index contributed by atoms with van der Waals surface area (Å²) in [4.78, 5) is 0. The molecule has 0 heteroatoms. The molecule has 0 amide bonds. The van der Waals surface area contributed by atoms with Crippen LogP contribution in [0.15, 0.2) is 12.2 Å². The van der Waals surface area contributed by atoms with Crippen LogP contribution in [-0.2, 0) is 0 Å². The van der Waals surface area contributed by atoms with Crippen molar-refractivity contribution < 1.29 is 0 Å². The van der Waals surface area contributed by atoms with E-state index in [1.807, 2.05) is 0 Å². The van der Waals surface area contributed by atoms with Gasteiger partial charge in [-0.25, -0.2) is 0 Å². The predicted octanol–water partition coefficient (Wildman–Crippen LogP) is 2.57. The summed E-state index contributed by atoms with van der Waals surface area (Å²) < 4.78 is 0. The molecule has 1 atom stereocenters. The zero-order valence-corrected chi connectivity index (χ0v) is 5.27. The minimum absolute atomic E-state index is 0.689. The van der Waals surface area contributed by atoms with Gasteiger partial charge in [0.2, 0.25) is 0 Å². The highest BCUT2D eigenvalue weighted by atomic mass is 14.1. The summed E-state index contributed by atoms with van der Waals surface area (Å²) in [5, 5.41) is 0. The first-order valence-corrected chi connectivity index (χ1v) is 3.37. The van der Waals surface area contributed by atoms with E-state index in [0.717, 1.165) is 0 Å². The van der Waals surface area contributed by atoms with E-state index in [4.69, 9.17) is 0 Å². The smallest absolute Gasteiger partial charge is 0.0322 e. The van der Waals surface area contributed by atoms with Crippen molar-refractivity contribution in [2.45, 2.75) is 25.7 Å². The molecule has 0 aromatic rings. The molecule has 1 radical (unpaired) electrons. The number of hydrogen-bond acceptors (Lipinski definition) is 0. The van der Waals surface area contributed by atoms with Crippen LogP contribution >= 0.6 is 0 Å². The first-order valence-electron chi connectivity index (χ1n) is 3.37. The van der Waals surface area contributed by atoms with Crippen LogP contribution in [0.2, 0.25) is 0 Å². The van der Waals surface area contributed by atoms with Gasteiger partial charge in [-0.05, 0) is 38.5 Å². The van der Waals surface area contributed by atoms with E-state index >= 15 is 0 Å². The van der Waals surface area contributed by atoms with Crippen molar-refractivity contribution in [1.29, 1.82) is 0 Å². The highest BCUT2D eigenvalue weighted by Crippen LogP contribution is 2.15. The maximum absolute atomic E-state index is 4.01. The standard InChI is InChI=1S/C8H13/c1-8-6-4-2-3-5-7-8/h2,4,8H,1,3,5-7H2. The van der Waals surface area contributed by atoms with Gasteiger partial charge < -0.3 is 0 Å². The molecule has 1 aliphatic rings. The van der Waals surface area contributed by atoms with E-state index < -0.39 is 0 Å². The van der Waals surface area contributed by atoms with E-state index in [0.29, 0.717) is 5.92 Å². The van der Waals surface area contributed by atoms with Gasteiger partial charge in [0.25, 0.3) is 0 Å². The van der Waals surface area contributed by atoms with Crippen molar-refractivity contribution in [2.24, 2.45) is 5.92 Å². The molecular weight excluding hydrogens is 96.1 g/mol. The molecule has 0 saturated heterocycles. The molecule has 8 heavy (non-hydrogen) atoms. The van der Waals surface area contributed by atoms with Crippen molar-refractivity contribution in [1.82, 2.24) is 0 Å². The molecule has 0 aromatic carbocycles. The van der Waals surface area contributed by atoms with Crippen LogP contribution in [0.1, 0.15) is 25.7 Å². The predicted molar refractivity (Wildman–Crippen MR) is 36.5 cm³/mol. The van der Waals surface area contributed by atoms with Gasteiger partial charge in [-0.3, -0.25) is 0 Å². The number of hydrogen-bond donors (Lipinski definition) is 0. The summed E-state index contributed by atoms with van der Waals surface area (Å²) in [6.45, 7) is 4.01. The molecule has 0 N–H and O–H groups in total. The largest absolute Gasteiger partial charge is 0.0885 e. The van der Waals surface area contributed by atoms with Gasteiger partial charge in [0.1, 0.15) is 0 Å². The molecule has 0 aromatic heterocycles. The van der Waals surface area contributed by atoms with Crippen LogP contribution in [0, 0.1) is 12.8 Å². The average molecular weight is 109 g/mol. The second kappa shape index (κ2) is 2.91. The summed E-state index contributed by atoms with van der Waals surface area (Å²) >= 11 is 0. The van der Waals surface area contributed by atoms with Gasteiger partial charge in [-0.2, -0.15) is 0 Å². The van der Waals surface area contributed by atoms with Gasteiger partial charge in [-0.15, -0.1) is 0 Å². The van der Waals surface area contributed by atoms with Gasteiger partial charge in [0.15, 0.2) is 0 Å². The molecule has 1 unspecified atom stereocenters. The van der Waals surface area contributed by atoms with E-state index in [2.05, 4.69) is 19.1 Å². The molecule has 0 bridgehead atoms. The topological polar surface area (TPSA) is 0 Å². The van der Waals surface area contributed by atoms with Gasteiger partial charge in [-0.1, -0.05) is 12.2 Å². The Morgan fingerprint density at radius 1 is 1.38 bits per heavy atom. The van der Waals surface area contributed by atoms with Gasteiger partial charge >= 0.3 is 0 Å². The quantitative estimate of drug-likeness (QED) is 0.419. The minimum Gasteiger partial charge on any atom is -0.0885 e. The van der Waals surface area contributed by atoms with E-state index in [1.54, 1.807) is 0 Å². The third-order valence-corrected chi connectivity index (χ3v) is 1.62. The Morgan fingerprint density at radius 2 is 2.25 bits per heavy atom. The maximum atomic E-state index is 4.01. The van der Waals surface area contributed by atoms with Crippen LogP contribution < -0.4 is 0 Å². The first-order chi connectivity index (χ1) is 3.89. The van der Waals surface area contributed by atoms with Crippen LogP contribution in [0.5, 0.6) is 0 Å². The zero-order valence-electron chi connectivity index (χ0n) is 5.27. The Balaban J connectivity index is 2.30. The van der Waals surface area contributed by atoms with E-state index in [9.17, 15) is 0 Å². The van der Waals surface area contributed by atoms with Gasteiger partial charge in [0, 0.05) is 0 Å². The SMILES string of the molecule is [CH2]C1CC=CCCC1. The van der Waals surface area contributed by atoms with Crippen LogP contribution in [-0.4, -0.2) is 0 Å². The summed E-state index contributed by atoms with van der Waals surface area (Å²) in [5.41, 5.74) is 0. The Labute approximate surface area is 51.6 Å². The average Bonchev–Trinajstić information content (AvgIpc) is 1.94. The van der Waals surface area contributed by atoms with Crippen LogP contribution in [0.25, 0.3) is 0 Å². The second-order valence-electron chi connectivity index (χ2n) is 2.50. The summed E-state index contributed by atoms with van der Waals surface area (Å²) in [7, 11) is 0. The summed E-state index contributed by atoms with van der Waals surface area (Å²) in [6, 6.07) is 0. The van der Waals surface area contributed by atoms with Crippen molar-refractivity contribution in [2.75, 3.05) is 0 Å². The Hall–Kier alpha value is -0.260. The normalized spacial score (nSPS) is 29.9. The number of allylic oxidation sites excluding steroid dienone is 2. The lowest BCUT2D eigenvalue weighted by molar-refractivity contribution is 0.583. The fraction of sp³-hybridized carbons (Fsp3) is 0.625. The molecule has 0 nitrogen and oxygen atoms in total. The molecule has 1 aliphatic carbocycles. The van der Waals surface area contributed by atoms with Crippen molar-refractivity contribution >= 4 is 0 Å². The number of rotatable bonds is 0. The van der Waals surface area contributed by atoms with Crippen molar-refractivity contribution in [3.63, 3.8) is 0 Å². The van der Waals surface area contributed by atoms with E-state index in [-0.39, 0.29) is 0 Å². The lowest BCUT2D eigenvalue weighted by Gasteiger charge is -2.01. The molecule has 0 saturated carbocycles. The zero-order chi connectivity index (χ0) is 5.82. The molecule has 1 rings (SSSR count). The Morgan fingerprint density at radius 3 is 3.12 bits per heavy atom. The fourth-order valence-electron chi connectivity index (χ4n) is 1.05. The van der Waals surface area contributed by atoms with Crippen LogP contribution in [0.3, 0.4) is 0 Å². The summed E-state index contributed by atoms with van der Waals surface area (Å²) in [6.07, 6.45) is 9.64. The molecule has 0 aliphatic heterocycles. The third-order valence-electron chi connectivity index (χ3n) is 1.62. The minimum atomic E-state index is 0.689. The van der Waals surface area contributed by atoms with E-state index in [1.165, 1.54) is 25.7 Å². The van der Waals surface area contributed by atoms with Crippen molar-refractivity contribution in [3.05, 3.63) is 19.1 Å². The maximum Gasteiger partial charge on any atom is -0.0322 e. The molecule has 0 fully saturated rings. The molecular formula is C8H13. The van der Waals surface area contributed by atoms with Gasteiger partial charge in [0.05, 0.1) is 0 Å². The Bertz CT molecular complexity index is 82.0. The second-order valence-corrected chi connectivity index (χ2v) is 2.50. The van der Waals surface area contributed by atoms with Crippen LogP contribution in [0.4, 0.5) is 0 Å². The molecule has 0 spiro atoms.